The third-order valence-corrected chi connectivity index (χ3v) is 10.6. The van der Waals surface area contributed by atoms with Crippen LogP contribution in [0, 0.1) is 13.8 Å². The predicted molar refractivity (Wildman–Crippen MR) is 200 cm³/mol. The van der Waals surface area contributed by atoms with Crippen LogP contribution in [-0.4, -0.2) is 79.4 Å². The molecular weight excluding hydrogens is 662 g/mol. The van der Waals surface area contributed by atoms with Crippen molar-refractivity contribution in [2.45, 2.75) is 90.8 Å². The molecule has 2 saturated heterocycles. The highest BCUT2D eigenvalue weighted by Gasteiger charge is 2.47. The summed E-state index contributed by atoms with van der Waals surface area (Å²) in [5.74, 6) is 0.0862. The van der Waals surface area contributed by atoms with Gasteiger partial charge in [0, 0.05) is 61.5 Å². The molecule has 12 nitrogen and oxygen atoms in total. The smallest absolute Gasteiger partial charge is 0.410 e. The number of aryl methyl sites for hydroxylation is 1. The number of H-pyrrole nitrogens is 1. The van der Waals surface area contributed by atoms with Gasteiger partial charge < -0.3 is 39.6 Å². The molecule has 1 aromatic heterocycles. The maximum atomic E-state index is 14.1. The topological polar surface area (TPSA) is 142 Å². The normalized spacial score (nSPS) is 17.1. The summed E-state index contributed by atoms with van der Waals surface area (Å²) in [5, 5.41) is 6.10. The Morgan fingerprint density at radius 2 is 1.75 bits per heavy atom. The Morgan fingerprint density at radius 1 is 1.04 bits per heavy atom. The lowest BCUT2D eigenvalue weighted by molar-refractivity contribution is -0.124. The number of methoxy groups -OCH3 is 1. The van der Waals surface area contributed by atoms with Crippen molar-refractivity contribution in [3.05, 3.63) is 74.7 Å². The number of anilines is 2. The Hall–Kier alpha value is -4.84. The Kier molecular flexibility index (Phi) is 10.4. The molecule has 0 aliphatic carbocycles. The SMILES string of the molecule is CCN(c1cc(-c2ccc3c(c2)NC(=O)C32CCOCC2)cc(C(=O)NCc2c(OC)cc(C)[nH]c2=O)c1C)C1CCN(C(=O)OC(C)(C)C)CC1. The molecule has 0 unspecified atom stereocenters. The maximum Gasteiger partial charge on any atom is 0.410 e. The van der Waals surface area contributed by atoms with Crippen LogP contribution in [0.25, 0.3) is 11.1 Å². The van der Waals surface area contributed by atoms with Crippen LogP contribution in [0.5, 0.6) is 5.75 Å². The summed E-state index contributed by atoms with van der Waals surface area (Å²) < 4.78 is 16.7. The number of amides is 3. The summed E-state index contributed by atoms with van der Waals surface area (Å²) in [5.41, 5.74) is 5.18. The van der Waals surface area contributed by atoms with E-state index in [-0.39, 0.29) is 36.1 Å². The number of hydrogen-bond acceptors (Lipinski definition) is 8. The standard InChI is InChI=1S/C40H51N5O7/c1-8-45(28-11-15-44(16-12-28)38(49)52-39(4,5)6)33-22-27(26-9-10-31-32(21-26)43-37(48)40(31)13-17-51-18-14-40)20-29(25(33)3)35(46)41-23-30-34(50-7)19-24(2)42-36(30)47/h9-10,19-22,28H,8,11-18,23H2,1-7H3,(H,41,46)(H,42,47)(H,43,48). The number of aromatic nitrogens is 1. The first-order chi connectivity index (χ1) is 24.7. The van der Waals surface area contributed by atoms with E-state index in [1.165, 1.54) is 7.11 Å². The molecule has 12 heteroatoms. The Morgan fingerprint density at radius 3 is 2.40 bits per heavy atom. The minimum atomic E-state index is -0.586. The molecule has 2 aromatic carbocycles. The first kappa shape index (κ1) is 36.9. The molecule has 3 aliphatic rings. The van der Waals surface area contributed by atoms with Crippen molar-refractivity contribution >= 4 is 29.3 Å². The number of nitrogens with one attached hydrogen (secondary N) is 3. The van der Waals surface area contributed by atoms with Gasteiger partial charge in [-0.2, -0.15) is 0 Å². The minimum absolute atomic E-state index is 0.00372. The first-order valence-electron chi connectivity index (χ1n) is 18.2. The molecule has 3 amide bonds. The second kappa shape index (κ2) is 14.7. The first-order valence-corrected chi connectivity index (χ1v) is 18.2. The van der Waals surface area contributed by atoms with Gasteiger partial charge in [0.2, 0.25) is 5.91 Å². The van der Waals surface area contributed by atoms with Crippen LogP contribution in [0.2, 0.25) is 0 Å². The average molecular weight is 714 g/mol. The predicted octanol–water partition coefficient (Wildman–Crippen LogP) is 5.82. The highest BCUT2D eigenvalue weighted by atomic mass is 16.6. The lowest BCUT2D eigenvalue weighted by Crippen LogP contribution is -2.48. The lowest BCUT2D eigenvalue weighted by Gasteiger charge is -2.40. The van der Waals surface area contributed by atoms with E-state index in [9.17, 15) is 19.2 Å². The number of nitrogens with zero attached hydrogens (tertiary/aromatic N) is 2. The number of carbonyl (C=O) groups excluding carboxylic acids is 3. The number of hydrogen-bond donors (Lipinski definition) is 3. The second-order valence-electron chi connectivity index (χ2n) is 15.1. The van der Waals surface area contributed by atoms with Crippen molar-refractivity contribution < 1.29 is 28.6 Å². The van der Waals surface area contributed by atoms with Gasteiger partial charge in [0.15, 0.2) is 0 Å². The number of likely N-dealkylation sites (tertiary alicyclic amines) is 1. The van der Waals surface area contributed by atoms with Crippen molar-refractivity contribution in [1.82, 2.24) is 15.2 Å². The van der Waals surface area contributed by atoms with E-state index in [4.69, 9.17) is 14.2 Å². The minimum Gasteiger partial charge on any atom is -0.496 e. The van der Waals surface area contributed by atoms with Crippen molar-refractivity contribution in [1.29, 1.82) is 0 Å². The van der Waals surface area contributed by atoms with Gasteiger partial charge in [0.05, 0.1) is 24.6 Å². The summed E-state index contributed by atoms with van der Waals surface area (Å²) in [6.45, 7) is 14.3. The molecule has 0 saturated carbocycles. The van der Waals surface area contributed by atoms with Crippen LogP contribution in [0.3, 0.4) is 0 Å². The van der Waals surface area contributed by atoms with E-state index in [2.05, 4.69) is 33.5 Å². The van der Waals surface area contributed by atoms with Crippen LogP contribution >= 0.6 is 0 Å². The fraction of sp³-hybridized carbons (Fsp3) is 0.500. The number of carbonyl (C=O) groups is 3. The highest BCUT2D eigenvalue weighted by molar-refractivity contribution is 6.07. The van der Waals surface area contributed by atoms with Crippen LogP contribution in [0.15, 0.2) is 41.2 Å². The third kappa shape index (κ3) is 7.26. The third-order valence-electron chi connectivity index (χ3n) is 10.6. The van der Waals surface area contributed by atoms with E-state index in [1.54, 1.807) is 17.9 Å². The molecule has 4 heterocycles. The molecular formula is C40H51N5O7. The van der Waals surface area contributed by atoms with Crippen molar-refractivity contribution in [3.8, 4) is 16.9 Å². The Balaban J connectivity index is 1.35. The number of rotatable bonds is 8. The number of pyridine rings is 1. The zero-order chi connectivity index (χ0) is 37.4. The van der Waals surface area contributed by atoms with Crippen LogP contribution < -0.4 is 25.8 Å². The van der Waals surface area contributed by atoms with Crippen molar-refractivity contribution in [2.75, 3.05) is 50.2 Å². The molecule has 3 N–H and O–H groups in total. The van der Waals surface area contributed by atoms with Gasteiger partial charge in [-0.25, -0.2) is 4.79 Å². The van der Waals surface area contributed by atoms with Gasteiger partial charge in [0.25, 0.3) is 11.5 Å². The van der Waals surface area contributed by atoms with Gasteiger partial charge in [-0.1, -0.05) is 12.1 Å². The molecule has 52 heavy (non-hydrogen) atoms. The van der Waals surface area contributed by atoms with Crippen molar-refractivity contribution in [2.24, 2.45) is 0 Å². The van der Waals surface area contributed by atoms with Crippen LogP contribution in [0.4, 0.5) is 16.2 Å². The molecule has 2 fully saturated rings. The van der Waals surface area contributed by atoms with E-state index in [0.29, 0.717) is 68.3 Å². The average Bonchev–Trinajstić information content (AvgIpc) is 3.37. The lowest BCUT2D eigenvalue weighted by atomic mass is 9.75. The summed E-state index contributed by atoms with van der Waals surface area (Å²) in [6.07, 6.45) is 2.45. The molecule has 0 atom stereocenters. The second-order valence-corrected chi connectivity index (χ2v) is 15.1. The van der Waals surface area contributed by atoms with E-state index in [1.807, 2.05) is 52.0 Å². The van der Waals surface area contributed by atoms with Gasteiger partial charge in [-0.05, 0) is 114 Å². The van der Waals surface area contributed by atoms with Crippen LogP contribution in [0.1, 0.15) is 86.1 Å². The largest absolute Gasteiger partial charge is 0.496 e. The molecule has 3 aromatic rings. The zero-order valence-electron chi connectivity index (χ0n) is 31.4. The number of ether oxygens (including phenoxy) is 3. The van der Waals surface area contributed by atoms with Gasteiger partial charge in [0.1, 0.15) is 11.4 Å². The summed E-state index contributed by atoms with van der Waals surface area (Å²) >= 11 is 0. The quantitative estimate of drug-likeness (QED) is 0.265. The van der Waals surface area contributed by atoms with Gasteiger partial charge in [-0.15, -0.1) is 0 Å². The number of fused-ring (bicyclic) bond motifs is 2. The van der Waals surface area contributed by atoms with Gasteiger partial charge >= 0.3 is 6.09 Å². The molecule has 0 bridgehead atoms. The fourth-order valence-corrected chi connectivity index (χ4v) is 7.84. The molecule has 1 spiro atoms. The molecule has 3 aliphatic heterocycles. The molecule has 6 rings (SSSR count). The van der Waals surface area contributed by atoms with Gasteiger partial charge in [-0.3, -0.25) is 14.4 Å². The van der Waals surface area contributed by atoms with E-state index < -0.39 is 11.0 Å². The summed E-state index contributed by atoms with van der Waals surface area (Å²) in [4.78, 5) is 60.0. The van der Waals surface area contributed by atoms with E-state index in [0.717, 1.165) is 46.5 Å². The van der Waals surface area contributed by atoms with Crippen molar-refractivity contribution in [3.63, 3.8) is 0 Å². The monoisotopic (exact) mass is 713 g/mol. The molecule has 278 valence electrons. The zero-order valence-corrected chi connectivity index (χ0v) is 31.4. The molecule has 0 radical (unpaired) electrons. The van der Waals surface area contributed by atoms with E-state index >= 15 is 0 Å². The summed E-state index contributed by atoms with van der Waals surface area (Å²) in [6, 6.07) is 11.9. The Labute approximate surface area is 305 Å². The maximum absolute atomic E-state index is 14.1. The highest BCUT2D eigenvalue weighted by Crippen LogP contribution is 2.46. The number of piperidine rings is 1. The van der Waals surface area contributed by atoms with Crippen LogP contribution in [-0.2, 0) is 26.2 Å². The Bertz CT molecular complexity index is 1920. The number of aromatic amines is 1. The fourth-order valence-electron chi connectivity index (χ4n) is 7.84. The summed E-state index contributed by atoms with van der Waals surface area (Å²) in [7, 11) is 1.50. The number of benzene rings is 2.